The van der Waals surface area contributed by atoms with Crippen LogP contribution in [-0.2, 0) is 4.79 Å². The van der Waals surface area contributed by atoms with Gasteiger partial charge in [-0.15, -0.1) is 0 Å². The minimum absolute atomic E-state index is 0.125. The number of carbonyl (C=O) groups is 1. The summed E-state index contributed by atoms with van der Waals surface area (Å²) in [4.78, 5) is 14.3. The highest BCUT2D eigenvalue weighted by Crippen LogP contribution is 2.29. The van der Waals surface area contributed by atoms with Gasteiger partial charge in [0.1, 0.15) is 5.75 Å². The highest BCUT2D eigenvalue weighted by molar-refractivity contribution is 7.80. The Morgan fingerprint density at radius 2 is 2.05 bits per heavy atom. The predicted octanol–water partition coefficient (Wildman–Crippen LogP) is 2.37. The van der Waals surface area contributed by atoms with Gasteiger partial charge in [-0.1, -0.05) is 18.3 Å². The second-order valence-corrected chi connectivity index (χ2v) is 5.45. The Balaban J connectivity index is 3.25. The van der Waals surface area contributed by atoms with Gasteiger partial charge in [-0.3, -0.25) is 4.79 Å². The number of nitrogens with zero attached hydrogens (tertiary/aromatic N) is 1. The topological polar surface area (TPSA) is 66.6 Å². The Bertz CT molecular complexity index is 512. The van der Waals surface area contributed by atoms with Crippen molar-refractivity contribution in [2.45, 2.75) is 27.7 Å². The van der Waals surface area contributed by atoms with E-state index in [0.29, 0.717) is 12.2 Å². The molecular weight excluding hydrogens is 260 g/mol. The van der Waals surface area contributed by atoms with Crippen molar-refractivity contribution in [2.24, 2.45) is 11.1 Å². The molecule has 1 aromatic rings. The van der Waals surface area contributed by atoms with Crippen molar-refractivity contribution < 1.29 is 9.90 Å². The number of nitrogens with two attached hydrogens (primary N) is 1. The van der Waals surface area contributed by atoms with E-state index in [1.54, 1.807) is 36.9 Å². The molecule has 0 bridgehead atoms. The van der Waals surface area contributed by atoms with Crippen molar-refractivity contribution in [1.29, 1.82) is 0 Å². The molecule has 3 N–H and O–H groups in total. The van der Waals surface area contributed by atoms with E-state index >= 15 is 0 Å². The average molecular weight is 280 g/mol. The molecule has 0 spiro atoms. The number of aryl methyl sites for hydroxylation is 1. The van der Waals surface area contributed by atoms with Crippen molar-refractivity contribution in [2.75, 3.05) is 11.4 Å². The highest BCUT2D eigenvalue weighted by Gasteiger charge is 2.35. The van der Waals surface area contributed by atoms with E-state index in [1.807, 2.05) is 13.8 Å². The van der Waals surface area contributed by atoms with E-state index in [4.69, 9.17) is 18.0 Å². The molecule has 104 valence electrons. The quantitative estimate of drug-likeness (QED) is 0.831. The average Bonchev–Trinajstić information content (AvgIpc) is 2.34. The third kappa shape index (κ3) is 3.04. The molecule has 0 unspecified atom stereocenters. The maximum Gasteiger partial charge on any atom is 0.239 e. The highest BCUT2D eigenvalue weighted by atomic mass is 32.1. The summed E-state index contributed by atoms with van der Waals surface area (Å²) in [7, 11) is 0. The van der Waals surface area contributed by atoms with E-state index in [9.17, 15) is 9.90 Å². The van der Waals surface area contributed by atoms with Crippen LogP contribution in [0, 0.1) is 12.3 Å². The normalized spacial score (nSPS) is 11.2. The third-order valence-electron chi connectivity index (χ3n) is 3.20. The Morgan fingerprint density at radius 1 is 1.47 bits per heavy atom. The molecule has 1 rings (SSSR count). The molecule has 0 saturated carbocycles. The summed E-state index contributed by atoms with van der Waals surface area (Å²) in [5.74, 6) is -0.0452. The van der Waals surface area contributed by atoms with Crippen LogP contribution in [0.25, 0.3) is 0 Å². The summed E-state index contributed by atoms with van der Waals surface area (Å²) in [6, 6.07) is 4.94. The van der Waals surface area contributed by atoms with Crippen LogP contribution >= 0.6 is 12.2 Å². The number of rotatable bonds is 4. The lowest BCUT2D eigenvalue weighted by molar-refractivity contribution is -0.123. The molecule has 4 nitrogen and oxygen atoms in total. The Labute approximate surface area is 119 Å². The second-order valence-electron chi connectivity index (χ2n) is 5.01. The fourth-order valence-electron chi connectivity index (χ4n) is 1.75. The van der Waals surface area contributed by atoms with Gasteiger partial charge in [-0.05, 0) is 39.3 Å². The number of aromatic hydroxyl groups is 1. The van der Waals surface area contributed by atoms with Crippen molar-refractivity contribution in [3.63, 3.8) is 0 Å². The van der Waals surface area contributed by atoms with Crippen LogP contribution < -0.4 is 10.6 Å². The van der Waals surface area contributed by atoms with Crippen LogP contribution in [0.5, 0.6) is 5.75 Å². The van der Waals surface area contributed by atoms with Gasteiger partial charge >= 0.3 is 0 Å². The molecule has 0 heterocycles. The van der Waals surface area contributed by atoms with E-state index in [-0.39, 0.29) is 16.6 Å². The van der Waals surface area contributed by atoms with Crippen LogP contribution in [0.3, 0.4) is 0 Å². The lowest BCUT2D eigenvalue weighted by Gasteiger charge is -2.31. The van der Waals surface area contributed by atoms with Crippen LogP contribution in [0.1, 0.15) is 26.3 Å². The van der Waals surface area contributed by atoms with E-state index in [0.717, 1.165) is 5.56 Å². The summed E-state index contributed by atoms with van der Waals surface area (Å²) < 4.78 is 0. The number of thiocarbonyl (C=S) groups is 1. The molecule has 0 radical (unpaired) electrons. The molecule has 0 saturated heterocycles. The van der Waals surface area contributed by atoms with Gasteiger partial charge in [0.15, 0.2) is 0 Å². The first-order valence-electron chi connectivity index (χ1n) is 6.13. The zero-order valence-corrected chi connectivity index (χ0v) is 12.5. The van der Waals surface area contributed by atoms with Gasteiger partial charge in [0.25, 0.3) is 0 Å². The van der Waals surface area contributed by atoms with Crippen LogP contribution in [0.2, 0.25) is 0 Å². The lowest BCUT2D eigenvalue weighted by Crippen LogP contribution is -2.47. The SMILES string of the molecule is CCN(C(=O)C(C)(C)C(N)=S)c1cc(O)ccc1C. The summed E-state index contributed by atoms with van der Waals surface area (Å²) in [6.07, 6.45) is 0. The third-order valence-corrected chi connectivity index (χ3v) is 3.71. The first kappa shape index (κ1) is 15.4. The van der Waals surface area contributed by atoms with Crippen molar-refractivity contribution >= 4 is 28.8 Å². The maximum atomic E-state index is 12.6. The van der Waals surface area contributed by atoms with Gasteiger partial charge in [-0.2, -0.15) is 0 Å². The number of hydrogen-bond acceptors (Lipinski definition) is 3. The molecule has 0 aliphatic rings. The second kappa shape index (κ2) is 5.57. The zero-order chi connectivity index (χ0) is 14.8. The molecule has 0 aliphatic heterocycles. The predicted molar refractivity (Wildman–Crippen MR) is 81.4 cm³/mol. The first-order chi connectivity index (χ1) is 8.71. The fraction of sp³-hybridized carbons (Fsp3) is 0.429. The number of phenols is 1. The van der Waals surface area contributed by atoms with Crippen molar-refractivity contribution in [1.82, 2.24) is 0 Å². The molecule has 0 fully saturated rings. The van der Waals surface area contributed by atoms with Gasteiger partial charge in [0.2, 0.25) is 5.91 Å². The molecular formula is C14H20N2O2S. The van der Waals surface area contributed by atoms with Crippen LogP contribution in [0.15, 0.2) is 18.2 Å². The zero-order valence-electron chi connectivity index (χ0n) is 11.7. The number of anilines is 1. The van der Waals surface area contributed by atoms with Gasteiger partial charge in [0.05, 0.1) is 16.1 Å². The Kier molecular flexibility index (Phi) is 4.52. The van der Waals surface area contributed by atoms with E-state index in [2.05, 4.69) is 0 Å². The van der Waals surface area contributed by atoms with Gasteiger partial charge in [-0.25, -0.2) is 0 Å². The van der Waals surface area contributed by atoms with E-state index < -0.39 is 5.41 Å². The molecule has 0 aliphatic carbocycles. The van der Waals surface area contributed by atoms with Crippen molar-refractivity contribution in [3.8, 4) is 5.75 Å². The van der Waals surface area contributed by atoms with Gasteiger partial charge in [0, 0.05) is 12.6 Å². The number of carbonyl (C=O) groups excluding carboxylic acids is 1. The molecule has 0 aromatic heterocycles. The molecule has 19 heavy (non-hydrogen) atoms. The van der Waals surface area contributed by atoms with Crippen LogP contribution in [0.4, 0.5) is 5.69 Å². The molecule has 1 amide bonds. The summed E-state index contributed by atoms with van der Waals surface area (Å²) in [5, 5.41) is 9.59. The smallest absolute Gasteiger partial charge is 0.239 e. The largest absolute Gasteiger partial charge is 0.508 e. The van der Waals surface area contributed by atoms with E-state index in [1.165, 1.54) is 0 Å². The fourth-order valence-corrected chi connectivity index (χ4v) is 1.84. The summed E-state index contributed by atoms with van der Waals surface area (Å²) >= 11 is 4.96. The number of hydrogen-bond donors (Lipinski definition) is 2. The maximum absolute atomic E-state index is 12.6. The number of phenolic OH excluding ortho intramolecular Hbond substituents is 1. The number of benzene rings is 1. The molecule has 5 heteroatoms. The first-order valence-corrected chi connectivity index (χ1v) is 6.54. The van der Waals surface area contributed by atoms with Gasteiger partial charge < -0.3 is 15.7 Å². The number of amides is 1. The Morgan fingerprint density at radius 3 is 2.53 bits per heavy atom. The minimum atomic E-state index is -0.913. The summed E-state index contributed by atoms with van der Waals surface area (Å²) in [6.45, 7) is 7.65. The minimum Gasteiger partial charge on any atom is -0.508 e. The summed E-state index contributed by atoms with van der Waals surface area (Å²) in [5.41, 5.74) is 6.32. The standard InChI is InChI=1S/C14H20N2O2S/c1-5-16(13(18)14(3,4)12(15)19)11-8-10(17)7-6-9(11)2/h6-8,17H,5H2,1-4H3,(H2,15,19). The van der Waals surface area contributed by atoms with Crippen molar-refractivity contribution in [3.05, 3.63) is 23.8 Å². The van der Waals surface area contributed by atoms with Crippen LogP contribution in [-0.4, -0.2) is 22.5 Å². The molecule has 1 aromatic carbocycles. The Hall–Kier alpha value is -1.62. The monoisotopic (exact) mass is 280 g/mol. The molecule has 0 atom stereocenters. The lowest BCUT2D eigenvalue weighted by atomic mass is 9.91.